The fourth-order valence-electron chi connectivity index (χ4n) is 4.11. The number of benzene rings is 2. The van der Waals surface area contributed by atoms with Gasteiger partial charge in [-0.15, -0.1) is 0 Å². The first-order valence-corrected chi connectivity index (χ1v) is 10.7. The second-order valence-electron chi connectivity index (χ2n) is 8.51. The summed E-state index contributed by atoms with van der Waals surface area (Å²) in [7, 11) is 3.57. The first-order valence-electron chi connectivity index (χ1n) is 10.7. The molecule has 0 fully saturated rings. The SMILES string of the molecule is CC(C)Oc1ccc(-c2nc(-c3cccc4c3CCC4CC(=O)N(C)C)no2)cc1C#N. The number of rotatable bonds is 6. The van der Waals surface area contributed by atoms with Crippen LogP contribution in [0, 0.1) is 11.3 Å². The highest BCUT2D eigenvalue weighted by Gasteiger charge is 2.28. The van der Waals surface area contributed by atoms with Gasteiger partial charge < -0.3 is 14.2 Å². The lowest BCUT2D eigenvalue weighted by Crippen LogP contribution is -2.23. The summed E-state index contributed by atoms with van der Waals surface area (Å²) < 4.78 is 11.2. The van der Waals surface area contributed by atoms with Crippen LogP contribution in [0.15, 0.2) is 40.9 Å². The summed E-state index contributed by atoms with van der Waals surface area (Å²) in [4.78, 5) is 18.5. The van der Waals surface area contributed by atoms with Crippen LogP contribution in [0.1, 0.15) is 49.3 Å². The van der Waals surface area contributed by atoms with E-state index in [1.807, 2.05) is 32.0 Å². The van der Waals surface area contributed by atoms with Crippen molar-refractivity contribution >= 4 is 5.91 Å². The van der Waals surface area contributed by atoms with Crippen LogP contribution in [0.3, 0.4) is 0 Å². The molecule has 7 nitrogen and oxygen atoms in total. The fourth-order valence-corrected chi connectivity index (χ4v) is 4.11. The molecule has 0 bridgehead atoms. The third-order valence-corrected chi connectivity index (χ3v) is 5.69. The molecule has 1 aliphatic rings. The minimum atomic E-state index is -0.0278. The molecule has 0 spiro atoms. The first-order chi connectivity index (χ1) is 15.4. The average molecular weight is 431 g/mol. The molecule has 3 aromatic rings. The lowest BCUT2D eigenvalue weighted by atomic mass is 9.95. The van der Waals surface area contributed by atoms with E-state index < -0.39 is 0 Å². The number of carbonyl (C=O) groups excluding carboxylic acids is 1. The second kappa shape index (κ2) is 8.83. The molecule has 1 heterocycles. The van der Waals surface area contributed by atoms with Gasteiger partial charge in [-0.05, 0) is 61.9 Å². The summed E-state index contributed by atoms with van der Waals surface area (Å²) in [6.07, 6.45) is 2.28. The van der Waals surface area contributed by atoms with Crippen molar-refractivity contribution in [2.75, 3.05) is 14.1 Å². The number of nitriles is 1. The summed E-state index contributed by atoms with van der Waals surface area (Å²) >= 11 is 0. The number of amides is 1. The third-order valence-electron chi connectivity index (χ3n) is 5.69. The van der Waals surface area contributed by atoms with Crippen molar-refractivity contribution in [1.82, 2.24) is 15.0 Å². The topological polar surface area (TPSA) is 92.2 Å². The zero-order chi connectivity index (χ0) is 22.8. The Kier molecular flexibility index (Phi) is 5.95. The fraction of sp³-hybridized carbons (Fsp3) is 0.360. The van der Waals surface area contributed by atoms with E-state index in [1.54, 1.807) is 31.1 Å². The predicted molar refractivity (Wildman–Crippen MR) is 120 cm³/mol. The Hall–Kier alpha value is -3.66. The summed E-state index contributed by atoms with van der Waals surface area (Å²) in [6.45, 7) is 3.83. The molecular formula is C25H26N4O3. The van der Waals surface area contributed by atoms with Crippen molar-refractivity contribution in [3.63, 3.8) is 0 Å². The number of nitrogens with zero attached hydrogens (tertiary/aromatic N) is 4. The van der Waals surface area contributed by atoms with Gasteiger partial charge in [-0.2, -0.15) is 10.2 Å². The molecule has 0 radical (unpaired) electrons. The lowest BCUT2D eigenvalue weighted by Gasteiger charge is -2.15. The molecule has 164 valence electrons. The number of hydrogen-bond acceptors (Lipinski definition) is 6. The van der Waals surface area contributed by atoms with Gasteiger partial charge in [0.1, 0.15) is 11.8 Å². The van der Waals surface area contributed by atoms with Crippen LogP contribution < -0.4 is 4.74 Å². The zero-order valence-electron chi connectivity index (χ0n) is 18.8. The van der Waals surface area contributed by atoms with E-state index in [1.165, 1.54) is 11.1 Å². The van der Waals surface area contributed by atoms with Gasteiger partial charge in [0.25, 0.3) is 5.89 Å². The molecule has 7 heteroatoms. The Labute approximate surface area is 187 Å². The van der Waals surface area contributed by atoms with Crippen molar-refractivity contribution in [1.29, 1.82) is 5.26 Å². The molecule has 2 aromatic carbocycles. The molecule has 32 heavy (non-hydrogen) atoms. The molecule has 0 saturated carbocycles. The smallest absolute Gasteiger partial charge is 0.258 e. The molecule has 1 amide bonds. The van der Waals surface area contributed by atoms with E-state index in [0.29, 0.717) is 35.0 Å². The van der Waals surface area contributed by atoms with E-state index in [2.05, 4.69) is 22.3 Å². The number of aromatic nitrogens is 2. The lowest BCUT2D eigenvalue weighted by molar-refractivity contribution is -0.129. The maximum Gasteiger partial charge on any atom is 0.258 e. The van der Waals surface area contributed by atoms with Crippen molar-refractivity contribution in [3.8, 4) is 34.7 Å². The van der Waals surface area contributed by atoms with Gasteiger partial charge in [-0.3, -0.25) is 4.79 Å². The number of fused-ring (bicyclic) bond motifs is 1. The highest BCUT2D eigenvalue weighted by molar-refractivity contribution is 5.77. The predicted octanol–water partition coefficient (Wildman–Crippen LogP) is 4.57. The number of hydrogen-bond donors (Lipinski definition) is 0. The quantitative estimate of drug-likeness (QED) is 0.569. The van der Waals surface area contributed by atoms with Crippen LogP contribution in [0.2, 0.25) is 0 Å². The van der Waals surface area contributed by atoms with Crippen molar-refractivity contribution < 1.29 is 14.1 Å². The van der Waals surface area contributed by atoms with Crippen LogP contribution in [-0.4, -0.2) is 41.1 Å². The Morgan fingerprint density at radius 3 is 2.84 bits per heavy atom. The van der Waals surface area contributed by atoms with E-state index in [4.69, 9.17) is 9.26 Å². The summed E-state index contributed by atoms with van der Waals surface area (Å²) in [6, 6.07) is 13.5. The summed E-state index contributed by atoms with van der Waals surface area (Å²) in [5.74, 6) is 1.73. The molecule has 0 aliphatic heterocycles. The van der Waals surface area contributed by atoms with Gasteiger partial charge in [-0.1, -0.05) is 23.4 Å². The van der Waals surface area contributed by atoms with E-state index >= 15 is 0 Å². The van der Waals surface area contributed by atoms with Crippen LogP contribution >= 0.6 is 0 Å². The van der Waals surface area contributed by atoms with E-state index in [0.717, 1.165) is 18.4 Å². The Morgan fingerprint density at radius 2 is 2.12 bits per heavy atom. The monoisotopic (exact) mass is 430 g/mol. The average Bonchev–Trinajstić information content (AvgIpc) is 3.41. The largest absolute Gasteiger partial charge is 0.490 e. The van der Waals surface area contributed by atoms with E-state index in [-0.39, 0.29) is 17.9 Å². The molecule has 1 aliphatic carbocycles. The van der Waals surface area contributed by atoms with Crippen molar-refractivity contribution in [2.24, 2.45) is 0 Å². The molecule has 1 unspecified atom stereocenters. The van der Waals surface area contributed by atoms with Crippen LogP contribution in [0.25, 0.3) is 22.8 Å². The Bertz CT molecular complexity index is 1190. The van der Waals surface area contributed by atoms with Gasteiger partial charge in [0.2, 0.25) is 11.7 Å². The van der Waals surface area contributed by atoms with E-state index in [9.17, 15) is 10.1 Å². The summed E-state index contributed by atoms with van der Waals surface area (Å²) in [5, 5.41) is 13.7. The second-order valence-corrected chi connectivity index (χ2v) is 8.51. The Morgan fingerprint density at radius 1 is 1.31 bits per heavy atom. The van der Waals surface area contributed by atoms with Crippen LogP contribution in [0.5, 0.6) is 5.75 Å². The minimum Gasteiger partial charge on any atom is -0.490 e. The molecule has 0 saturated heterocycles. The standard InChI is InChI=1S/C25H26N4O3/c1-15(2)31-22-11-9-17(12-18(22)14-26)25-27-24(28-32-25)21-7-5-6-19-16(8-10-20(19)21)13-23(30)29(3)4/h5-7,9,11-12,15-16H,8,10,13H2,1-4H3. The highest BCUT2D eigenvalue weighted by atomic mass is 16.5. The Balaban J connectivity index is 1.62. The van der Waals surface area contributed by atoms with Crippen molar-refractivity contribution in [2.45, 2.75) is 45.1 Å². The molecule has 4 rings (SSSR count). The third kappa shape index (κ3) is 4.22. The zero-order valence-corrected chi connectivity index (χ0v) is 18.8. The minimum absolute atomic E-state index is 0.0278. The number of ether oxygens (including phenoxy) is 1. The van der Waals surface area contributed by atoms with Crippen LogP contribution in [-0.2, 0) is 11.2 Å². The van der Waals surface area contributed by atoms with Crippen molar-refractivity contribution in [3.05, 3.63) is 53.1 Å². The highest BCUT2D eigenvalue weighted by Crippen LogP contribution is 2.40. The van der Waals surface area contributed by atoms with Gasteiger partial charge in [0, 0.05) is 31.6 Å². The maximum atomic E-state index is 12.2. The maximum absolute atomic E-state index is 12.2. The summed E-state index contributed by atoms with van der Waals surface area (Å²) in [5.41, 5.74) is 4.38. The molecule has 0 N–H and O–H groups in total. The van der Waals surface area contributed by atoms with Crippen LogP contribution in [0.4, 0.5) is 0 Å². The number of carbonyl (C=O) groups is 1. The van der Waals surface area contributed by atoms with Gasteiger partial charge in [0.05, 0.1) is 11.7 Å². The van der Waals surface area contributed by atoms with Gasteiger partial charge >= 0.3 is 0 Å². The first kappa shape index (κ1) is 21.6. The molecule has 1 aromatic heterocycles. The normalized spacial score (nSPS) is 14.8. The van der Waals surface area contributed by atoms with Gasteiger partial charge in [0.15, 0.2) is 0 Å². The van der Waals surface area contributed by atoms with Gasteiger partial charge in [-0.25, -0.2) is 0 Å². The molecular weight excluding hydrogens is 404 g/mol. The molecule has 1 atom stereocenters.